The van der Waals surface area contributed by atoms with Crippen LogP contribution in [0.25, 0.3) is 0 Å². The number of nitrogens with zero attached hydrogens (tertiary/aromatic N) is 4. The lowest BCUT2D eigenvalue weighted by atomic mass is 10.00. The first kappa shape index (κ1) is 65.1. The Morgan fingerprint density at radius 1 is 0.571 bits per heavy atom. The van der Waals surface area contributed by atoms with Gasteiger partial charge in [-0.3, -0.25) is 29.9 Å². The summed E-state index contributed by atoms with van der Waals surface area (Å²) >= 11 is 4.20. The Bertz CT molecular complexity index is 3740. The summed E-state index contributed by atoms with van der Waals surface area (Å²) < 4.78 is 115. The predicted octanol–water partition coefficient (Wildman–Crippen LogP) is 14.8. The minimum atomic E-state index is -4.54. The van der Waals surface area contributed by atoms with E-state index >= 15 is 0 Å². The molecule has 15 nitrogen and oxygen atoms in total. The number of amides is 3. The summed E-state index contributed by atoms with van der Waals surface area (Å²) in [6, 6.07) is 23.2. The number of aromatic nitrogens is 3. The highest BCUT2D eigenvalue weighted by Crippen LogP contribution is 2.47. The molecular weight excluding hydrogens is 1240 g/mol. The molecule has 13 rings (SSSR count). The van der Waals surface area contributed by atoms with Crippen LogP contribution >= 0.6 is 34.0 Å². The molecule has 1 unspecified atom stereocenters. The van der Waals surface area contributed by atoms with E-state index in [0.717, 1.165) is 127 Å². The van der Waals surface area contributed by atoms with E-state index < -0.39 is 66.8 Å². The molecule has 3 aliphatic heterocycles. The molecule has 4 aromatic carbocycles. The highest BCUT2D eigenvalue weighted by atomic mass is 32.1. The van der Waals surface area contributed by atoms with Crippen LogP contribution in [0.5, 0.6) is 34.5 Å². The van der Waals surface area contributed by atoms with Crippen molar-refractivity contribution >= 4 is 67.1 Å². The third kappa shape index (κ3) is 16.4. The lowest BCUT2D eigenvalue weighted by Gasteiger charge is -2.22. The summed E-state index contributed by atoms with van der Waals surface area (Å²) in [5.74, 6) is 1.01. The molecule has 3 aliphatic carbocycles. The summed E-state index contributed by atoms with van der Waals surface area (Å²) in [6.45, 7) is 9.25. The van der Waals surface area contributed by atoms with Gasteiger partial charge in [0.05, 0.1) is 22.6 Å². The van der Waals surface area contributed by atoms with E-state index in [-0.39, 0.29) is 28.1 Å². The zero-order valence-electron chi connectivity index (χ0n) is 51.5. The van der Waals surface area contributed by atoms with Crippen LogP contribution in [0.1, 0.15) is 140 Å². The van der Waals surface area contributed by atoms with E-state index in [1.54, 1.807) is 37.3 Å². The molecule has 6 aliphatic rings. The van der Waals surface area contributed by atoms with E-state index in [0.29, 0.717) is 57.2 Å². The van der Waals surface area contributed by atoms with Crippen molar-refractivity contribution in [2.75, 3.05) is 35.3 Å². The fraction of sp³-hybridized carbons (Fsp3) is 0.463. The quantitative estimate of drug-likeness (QED) is 0.0932. The lowest BCUT2D eigenvalue weighted by molar-refractivity contribution is -0.137. The van der Waals surface area contributed by atoms with Gasteiger partial charge in [-0.05, 0) is 148 Å². The number of carbonyl (C=O) groups is 3. The third-order valence-corrected chi connectivity index (χ3v) is 19.3. The number of anilines is 3. The van der Waals surface area contributed by atoms with Gasteiger partial charge in [-0.25, -0.2) is 15.0 Å². The monoisotopic (exact) mass is 1310 g/mol. The van der Waals surface area contributed by atoms with Crippen molar-refractivity contribution < 1.29 is 69.1 Å². The average Bonchev–Trinajstić information content (AvgIpc) is 1.93. The molecule has 0 radical (unpaired) electrons. The minimum absolute atomic E-state index is 0.0750. The first-order valence-corrected chi connectivity index (χ1v) is 33.1. The molecule has 0 saturated heterocycles. The molecule has 91 heavy (non-hydrogen) atoms. The fourth-order valence-electron chi connectivity index (χ4n) is 11.9. The predicted molar refractivity (Wildman–Crippen MR) is 337 cm³/mol. The Kier molecular flexibility index (Phi) is 19.1. The topological polar surface area (TPSA) is 173 Å². The van der Waals surface area contributed by atoms with Crippen LogP contribution in [-0.4, -0.2) is 81.5 Å². The van der Waals surface area contributed by atoms with E-state index in [1.165, 1.54) is 45.3 Å². The summed E-state index contributed by atoms with van der Waals surface area (Å²) in [4.78, 5) is 55.9. The Morgan fingerprint density at radius 2 is 1.07 bits per heavy atom. The van der Waals surface area contributed by atoms with Crippen molar-refractivity contribution in [1.82, 2.24) is 15.0 Å². The fourth-order valence-corrected chi connectivity index (χ4v) is 15.2. The van der Waals surface area contributed by atoms with Crippen molar-refractivity contribution in [2.24, 2.45) is 0 Å². The molecule has 3 amide bonds. The number of alkyl halides is 6. The maximum atomic E-state index is 13.4. The number of hydrogen-bond donors (Lipinski definition) is 2. The first-order valence-electron chi connectivity index (χ1n) is 30.6. The standard InChI is InChI=1S/C26H28N2O3S.C21H23F3N2O3S.C20H21F3N2O3S/c1-26(2)16-18-11-8-13-20(23(18)31-26)30-21(15-17-9-4-3-5-10-17)24(29)28-25-27-19-12-6-7-14-22(19)32-25;1-20(2)10-13-6-5-8-15(18(13)29-20)28-11-17(27)26(12-21(22,23)24)19-25-14-7-3-4-9-16(14)30-19;1-19(2)9-11-7-12(20(21,22)23)8-14(17(11)28-19)27-10-16(26)25-18-24-13-5-3-4-6-15(13)29-18/h3-5,8-11,13,21H,6-7,12,14-16H2,1-2H3,(H,27,28,29);5-6,8H,3-4,7,9-12H2,1-2H3;7-8H,3-6,9-10H2,1-2H3,(H,24,25,26). The molecule has 0 fully saturated rings. The second-order valence-electron chi connectivity index (χ2n) is 25.3. The number of aryl methyl sites for hydroxylation is 6. The molecule has 484 valence electrons. The summed E-state index contributed by atoms with van der Waals surface area (Å²) in [5.41, 5.74) is 4.35. The normalized spacial score (nSPS) is 17.1. The number of para-hydroxylation sites is 2. The van der Waals surface area contributed by atoms with Gasteiger partial charge in [0, 0.05) is 57.0 Å². The van der Waals surface area contributed by atoms with Crippen LogP contribution in [-0.2, 0) is 84.8 Å². The SMILES string of the molecule is CC1(C)Cc2cc(C(F)(F)F)cc(OCC(=O)Nc3nc4c(s3)CCCC4)c2O1.CC1(C)Cc2cccc(OC(Cc3ccccc3)C(=O)Nc3nc4c(s3)CCCC4)c2O1.CC1(C)Cc2cccc(OCC(=O)N(CC(F)(F)F)c3nc4c(s3)CCCC4)c2O1. The molecule has 0 saturated carbocycles. The summed E-state index contributed by atoms with van der Waals surface area (Å²) in [5, 5.41) is 6.95. The minimum Gasteiger partial charge on any atom is -0.483 e. The number of fused-ring (bicyclic) bond motifs is 6. The number of thiazole rings is 3. The number of nitrogens with one attached hydrogen (secondary N) is 2. The number of halogens is 6. The maximum Gasteiger partial charge on any atom is 0.416 e. The average molecular weight is 1320 g/mol. The second kappa shape index (κ2) is 26.6. The molecule has 0 bridgehead atoms. The zero-order valence-corrected chi connectivity index (χ0v) is 53.9. The van der Waals surface area contributed by atoms with Gasteiger partial charge in [0.25, 0.3) is 17.7 Å². The van der Waals surface area contributed by atoms with Gasteiger partial charge < -0.3 is 28.4 Å². The number of benzene rings is 4. The van der Waals surface area contributed by atoms with E-state index in [4.69, 9.17) is 28.4 Å². The van der Waals surface area contributed by atoms with Crippen molar-refractivity contribution in [2.45, 2.75) is 180 Å². The van der Waals surface area contributed by atoms with Crippen LogP contribution in [0.2, 0.25) is 0 Å². The van der Waals surface area contributed by atoms with Gasteiger partial charge in [-0.2, -0.15) is 26.3 Å². The van der Waals surface area contributed by atoms with Crippen molar-refractivity contribution in [3.63, 3.8) is 0 Å². The molecule has 24 heteroatoms. The molecule has 2 N–H and O–H groups in total. The maximum absolute atomic E-state index is 13.4. The van der Waals surface area contributed by atoms with Crippen molar-refractivity contribution in [3.05, 3.63) is 138 Å². The van der Waals surface area contributed by atoms with Crippen LogP contribution < -0.4 is 44.0 Å². The van der Waals surface area contributed by atoms with Crippen molar-refractivity contribution in [1.29, 1.82) is 0 Å². The smallest absolute Gasteiger partial charge is 0.416 e. The Labute approximate surface area is 536 Å². The Morgan fingerprint density at radius 3 is 1.62 bits per heavy atom. The molecule has 1 atom stereocenters. The molecule has 7 aromatic rings. The van der Waals surface area contributed by atoms with Crippen LogP contribution in [0.4, 0.5) is 41.7 Å². The molecule has 6 heterocycles. The van der Waals surface area contributed by atoms with Gasteiger partial charge in [0.2, 0.25) is 0 Å². The van der Waals surface area contributed by atoms with Crippen LogP contribution in [0, 0.1) is 0 Å². The van der Waals surface area contributed by atoms with Gasteiger partial charge in [-0.15, -0.1) is 34.0 Å². The lowest BCUT2D eigenvalue weighted by Crippen LogP contribution is -2.41. The highest BCUT2D eigenvalue weighted by molar-refractivity contribution is 7.16. The van der Waals surface area contributed by atoms with Gasteiger partial charge in [0.1, 0.15) is 23.3 Å². The van der Waals surface area contributed by atoms with E-state index in [1.807, 2.05) is 62.4 Å². The zero-order chi connectivity index (χ0) is 64.5. The Balaban J connectivity index is 0.000000140. The van der Waals surface area contributed by atoms with Gasteiger partial charge >= 0.3 is 12.4 Å². The third-order valence-electron chi connectivity index (χ3n) is 16.0. The number of rotatable bonds is 15. The van der Waals surface area contributed by atoms with Crippen LogP contribution in [0.3, 0.4) is 0 Å². The van der Waals surface area contributed by atoms with Gasteiger partial charge in [0.15, 0.2) is 69.2 Å². The summed E-state index contributed by atoms with van der Waals surface area (Å²) in [7, 11) is 0. The van der Waals surface area contributed by atoms with Crippen molar-refractivity contribution in [3.8, 4) is 34.5 Å². The molecule has 3 aromatic heterocycles. The number of ether oxygens (including phenoxy) is 6. The summed E-state index contributed by atoms with van der Waals surface area (Å²) in [6.07, 6.45) is 4.51. The second-order valence-corrected chi connectivity index (χ2v) is 28.6. The van der Waals surface area contributed by atoms with Gasteiger partial charge in [-0.1, -0.05) is 54.6 Å². The molecule has 0 spiro atoms. The van der Waals surface area contributed by atoms with E-state index in [2.05, 4.69) is 45.5 Å². The van der Waals surface area contributed by atoms with E-state index in [9.17, 15) is 40.7 Å². The molecular formula is C67H72F6N6O9S3. The first-order chi connectivity index (χ1) is 43.2. The largest absolute Gasteiger partial charge is 0.483 e. The number of hydrogen-bond acceptors (Lipinski definition) is 15. The number of carbonyl (C=O) groups excluding carboxylic acids is 3. The Hall–Kier alpha value is -7.44. The highest BCUT2D eigenvalue weighted by Gasteiger charge is 2.41. The van der Waals surface area contributed by atoms with Crippen LogP contribution in [0.15, 0.2) is 78.9 Å².